The highest BCUT2D eigenvalue weighted by Gasteiger charge is 2.09. The number of aromatic nitrogens is 2. The SMILES string of the molecule is Cc1c(CCC(=O)O)nc2cc(F)ccn12. The molecule has 2 heterocycles. The van der Waals surface area contributed by atoms with E-state index < -0.39 is 5.97 Å². The van der Waals surface area contributed by atoms with E-state index in [0.29, 0.717) is 17.8 Å². The number of halogens is 1. The smallest absolute Gasteiger partial charge is 0.303 e. The van der Waals surface area contributed by atoms with E-state index in [4.69, 9.17) is 5.11 Å². The third-order valence-electron chi connectivity index (χ3n) is 2.50. The van der Waals surface area contributed by atoms with Crippen LogP contribution in [0.3, 0.4) is 0 Å². The summed E-state index contributed by atoms with van der Waals surface area (Å²) in [6.07, 6.45) is 1.99. The van der Waals surface area contributed by atoms with Crippen LogP contribution in [0.1, 0.15) is 17.8 Å². The Morgan fingerprint density at radius 2 is 2.38 bits per heavy atom. The lowest BCUT2D eigenvalue weighted by Gasteiger charge is -1.96. The fraction of sp³-hybridized carbons (Fsp3) is 0.273. The Morgan fingerprint density at radius 1 is 1.62 bits per heavy atom. The standard InChI is InChI=1S/C11H11FN2O2/c1-7-9(2-3-11(15)16)13-10-6-8(12)4-5-14(7)10/h4-6H,2-3H2,1H3,(H,15,16). The summed E-state index contributed by atoms with van der Waals surface area (Å²) in [5.74, 6) is -1.20. The van der Waals surface area contributed by atoms with Crippen molar-refractivity contribution in [2.75, 3.05) is 0 Å². The van der Waals surface area contributed by atoms with Gasteiger partial charge in [-0.1, -0.05) is 0 Å². The molecule has 0 saturated heterocycles. The molecule has 0 radical (unpaired) electrons. The van der Waals surface area contributed by atoms with Crippen LogP contribution in [0.2, 0.25) is 0 Å². The summed E-state index contributed by atoms with van der Waals surface area (Å²) in [4.78, 5) is 14.7. The number of carboxylic acid groups (broad SMARTS) is 1. The molecule has 0 saturated carbocycles. The lowest BCUT2D eigenvalue weighted by atomic mass is 10.2. The van der Waals surface area contributed by atoms with Gasteiger partial charge in [0.15, 0.2) is 0 Å². The van der Waals surface area contributed by atoms with Gasteiger partial charge in [0, 0.05) is 24.4 Å². The van der Waals surface area contributed by atoms with Crippen LogP contribution in [0.4, 0.5) is 4.39 Å². The normalized spacial score (nSPS) is 10.9. The van der Waals surface area contributed by atoms with Crippen LogP contribution in [0.25, 0.3) is 5.65 Å². The fourth-order valence-corrected chi connectivity index (χ4v) is 1.65. The van der Waals surface area contributed by atoms with Crippen LogP contribution in [0.5, 0.6) is 0 Å². The molecule has 1 N–H and O–H groups in total. The van der Waals surface area contributed by atoms with Gasteiger partial charge in [-0.25, -0.2) is 9.37 Å². The summed E-state index contributed by atoms with van der Waals surface area (Å²) in [7, 11) is 0. The predicted octanol–water partition coefficient (Wildman–Crippen LogP) is 1.80. The first kappa shape index (κ1) is 10.6. The van der Waals surface area contributed by atoms with Crippen molar-refractivity contribution in [2.24, 2.45) is 0 Å². The van der Waals surface area contributed by atoms with Crippen LogP contribution < -0.4 is 0 Å². The number of pyridine rings is 1. The molecule has 0 aliphatic carbocycles. The summed E-state index contributed by atoms with van der Waals surface area (Å²) < 4.78 is 14.7. The lowest BCUT2D eigenvalue weighted by molar-refractivity contribution is -0.136. The van der Waals surface area contributed by atoms with Crippen molar-refractivity contribution in [3.05, 3.63) is 35.5 Å². The van der Waals surface area contributed by atoms with Gasteiger partial charge in [-0.15, -0.1) is 0 Å². The zero-order valence-electron chi connectivity index (χ0n) is 8.77. The lowest BCUT2D eigenvalue weighted by Crippen LogP contribution is -1.99. The molecule has 0 amide bonds. The van der Waals surface area contributed by atoms with Crippen LogP contribution >= 0.6 is 0 Å². The average molecular weight is 222 g/mol. The Labute approximate surface area is 91.4 Å². The number of aliphatic carboxylic acids is 1. The minimum absolute atomic E-state index is 0.0349. The molecule has 2 aromatic heterocycles. The monoisotopic (exact) mass is 222 g/mol. The summed E-state index contributed by atoms with van der Waals surface area (Å²) in [6.45, 7) is 1.84. The molecule has 0 fully saturated rings. The Hall–Kier alpha value is -1.91. The van der Waals surface area contributed by atoms with Crippen LogP contribution in [-0.4, -0.2) is 20.5 Å². The molecule has 2 aromatic rings. The maximum absolute atomic E-state index is 12.9. The number of rotatable bonds is 3. The first-order valence-electron chi connectivity index (χ1n) is 4.93. The third kappa shape index (κ3) is 1.88. The molecular weight excluding hydrogens is 211 g/mol. The van der Waals surface area contributed by atoms with Crippen molar-refractivity contribution in [1.82, 2.24) is 9.38 Å². The number of fused-ring (bicyclic) bond motifs is 1. The van der Waals surface area contributed by atoms with Gasteiger partial charge in [0.05, 0.1) is 12.1 Å². The molecule has 0 unspecified atom stereocenters. The second-order valence-corrected chi connectivity index (χ2v) is 3.61. The van der Waals surface area contributed by atoms with Gasteiger partial charge in [-0.3, -0.25) is 4.79 Å². The van der Waals surface area contributed by atoms with Gasteiger partial charge < -0.3 is 9.51 Å². The Balaban J connectivity index is 2.39. The largest absolute Gasteiger partial charge is 0.481 e. The quantitative estimate of drug-likeness (QED) is 0.861. The predicted molar refractivity (Wildman–Crippen MR) is 55.8 cm³/mol. The molecule has 84 valence electrons. The topological polar surface area (TPSA) is 54.6 Å². The van der Waals surface area contributed by atoms with Crippen molar-refractivity contribution in [3.8, 4) is 0 Å². The molecule has 2 rings (SSSR count). The van der Waals surface area contributed by atoms with Crippen LogP contribution in [0.15, 0.2) is 18.3 Å². The molecule has 0 aliphatic rings. The maximum atomic E-state index is 12.9. The average Bonchev–Trinajstić information content (AvgIpc) is 2.52. The van der Waals surface area contributed by atoms with Gasteiger partial charge in [0.1, 0.15) is 11.5 Å². The molecule has 0 atom stereocenters. The van der Waals surface area contributed by atoms with Crippen LogP contribution in [0, 0.1) is 12.7 Å². The van der Waals surface area contributed by atoms with E-state index in [-0.39, 0.29) is 12.2 Å². The molecule has 5 heteroatoms. The fourth-order valence-electron chi connectivity index (χ4n) is 1.65. The van der Waals surface area contributed by atoms with Gasteiger partial charge in [0.25, 0.3) is 0 Å². The van der Waals surface area contributed by atoms with E-state index in [1.807, 2.05) is 6.92 Å². The summed E-state index contributed by atoms with van der Waals surface area (Å²) >= 11 is 0. The van der Waals surface area contributed by atoms with Crippen molar-refractivity contribution >= 4 is 11.6 Å². The van der Waals surface area contributed by atoms with E-state index >= 15 is 0 Å². The molecule has 4 nitrogen and oxygen atoms in total. The number of carbonyl (C=O) groups is 1. The van der Waals surface area contributed by atoms with Crippen molar-refractivity contribution < 1.29 is 14.3 Å². The van der Waals surface area contributed by atoms with Crippen molar-refractivity contribution in [3.63, 3.8) is 0 Å². The zero-order chi connectivity index (χ0) is 11.7. The van der Waals surface area contributed by atoms with E-state index in [2.05, 4.69) is 4.98 Å². The highest BCUT2D eigenvalue weighted by atomic mass is 19.1. The third-order valence-corrected chi connectivity index (χ3v) is 2.50. The summed E-state index contributed by atoms with van der Waals surface area (Å²) in [5.41, 5.74) is 2.07. The first-order chi connectivity index (χ1) is 7.58. The minimum atomic E-state index is -0.859. The second-order valence-electron chi connectivity index (χ2n) is 3.61. The van der Waals surface area contributed by atoms with Crippen molar-refractivity contribution in [1.29, 1.82) is 0 Å². The molecule has 0 bridgehead atoms. The highest BCUT2D eigenvalue weighted by Crippen LogP contribution is 2.14. The Kier molecular flexibility index (Phi) is 2.60. The van der Waals surface area contributed by atoms with Crippen LogP contribution in [-0.2, 0) is 11.2 Å². The molecule has 16 heavy (non-hydrogen) atoms. The molecule has 0 spiro atoms. The first-order valence-corrected chi connectivity index (χ1v) is 4.93. The van der Waals surface area contributed by atoms with E-state index in [9.17, 15) is 9.18 Å². The number of imidazole rings is 1. The highest BCUT2D eigenvalue weighted by molar-refractivity contribution is 5.67. The number of carboxylic acids is 1. The zero-order valence-corrected chi connectivity index (χ0v) is 8.77. The van der Waals surface area contributed by atoms with E-state index in [1.54, 1.807) is 10.6 Å². The summed E-state index contributed by atoms with van der Waals surface area (Å²) in [5, 5.41) is 8.59. The van der Waals surface area contributed by atoms with E-state index in [0.717, 1.165) is 5.69 Å². The number of aryl methyl sites for hydroxylation is 2. The van der Waals surface area contributed by atoms with Gasteiger partial charge in [-0.05, 0) is 13.0 Å². The number of hydrogen-bond donors (Lipinski definition) is 1. The van der Waals surface area contributed by atoms with Gasteiger partial charge in [0.2, 0.25) is 0 Å². The molecule has 0 aromatic carbocycles. The van der Waals surface area contributed by atoms with Gasteiger partial charge >= 0.3 is 5.97 Å². The Morgan fingerprint density at radius 3 is 3.06 bits per heavy atom. The van der Waals surface area contributed by atoms with Gasteiger partial charge in [-0.2, -0.15) is 0 Å². The minimum Gasteiger partial charge on any atom is -0.481 e. The number of hydrogen-bond acceptors (Lipinski definition) is 2. The molecular formula is C11H11FN2O2. The number of nitrogens with zero attached hydrogens (tertiary/aromatic N) is 2. The van der Waals surface area contributed by atoms with E-state index in [1.165, 1.54) is 12.1 Å². The van der Waals surface area contributed by atoms with Crippen molar-refractivity contribution in [2.45, 2.75) is 19.8 Å². The molecule has 0 aliphatic heterocycles. The maximum Gasteiger partial charge on any atom is 0.303 e. The second kappa shape index (κ2) is 3.92. The Bertz CT molecular complexity index is 548. The summed E-state index contributed by atoms with van der Waals surface area (Å²) in [6, 6.07) is 2.68.